The van der Waals surface area contributed by atoms with E-state index in [2.05, 4.69) is 10.6 Å². The van der Waals surface area contributed by atoms with Crippen molar-refractivity contribution in [1.29, 1.82) is 0 Å². The number of fused-ring (bicyclic) bond motifs is 1. The first-order valence-corrected chi connectivity index (χ1v) is 7.18. The maximum absolute atomic E-state index is 12.3. The maximum Gasteiger partial charge on any atom is 0.209 e. The average Bonchev–Trinajstić information content (AvgIpc) is 2.57. The van der Waals surface area contributed by atoms with Crippen molar-refractivity contribution in [1.82, 2.24) is 5.32 Å². The number of hydrogen-bond acceptors (Lipinski definition) is 4. The zero-order valence-electron chi connectivity index (χ0n) is 12.0. The Labute approximate surface area is 128 Å². The van der Waals surface area contributed by atoms with E-state index >= 15 is 0 Å². The summed E-state index contributed by atoms with van der Waals surface area (Å²) in [6, 6.07) is 16.7. The average molecular weight is 292 g/mol. The number of para-hydroxylation sites is 1. The molecule has 0 heterocycles. The number of benzene rings is 2. The van der Waals surface area contributed by atoms with Crippen molar-refractivity contribution in [2.75, 3.05) is 18.4 Å². The predicted octanol–water partition coefficient (Wildman–Crippen LogP) is 2.65. The Balaban J connectivity index is 1.60. The molecule has 22 heavy (non-hydrogen) atoms. The number of anilines is 1. The van der Waals surface area contributed by atoms with Gasteiger partial charge in [-0.1, -0.05) is 42.5 Å². The van der Waals surface area contributed by atoms with E-state index in [4.69, 9.17) is 0 Å². The van der Waals surface area contributed by atoms with Gasteiger partial charge in [-0.15, -0.1) is 0 Å². The minimum absolute atomic E-state index is 0.130. The van der Waals surface area contributed by atoms with Crippen LogP contribution in [0, 0.1) is 0 Å². The van der Waals surface area contributed by atoms with Gasteiger partial charge in [-0.25, -0.2) is 0 Å². The number of ketones is 2. The first-order valence-electron chi connectivity index (χ1n) is 7.18. The Hall–Kier alpha value is -2.88. The zero-order chi connectivity index (χ0) is 15.4. The van der Waals surface area contributed by atoms with E-state index in [1.54, 1.807) is 24.3 Å². The molecule has 0 unspecified atom stereocenters. The fourth-order valence-corrected chi connectivity index (χ4v) is 2.41. The van der Waals surface area contributed by atoms with Crippen LogP contribution in [-0.2, 0) is 0 Å². The number of rotatable bonds is 5. The molecule has 1 aliphatic rings. The summed E-state index contributed by atoms with van der Waals surface area (Å²) in [5.74, 6) is -0.261. The van der Waals surface area contributed by atoms with Crippen LogP contribution in [0.4, 0.5) is 5.69 Å². The van der Waals surface area contributed by atoms with Crippen LogP contribution in [0.5, 0.6) is 0 Å². The Morgan fingerprint density at radius 1 is 0.727 bits per heavy atom. The van der Waals surface area contributed by atoms with E-state index < -0.39 is 0 Å². The van der Waals surface area contributed by atoms with Crippen molar-refractivity contribution in [2.24, 2.45) is 0 Å². The summed E-state index contributed by atoms with van der Waals surface area (Å²) in [6.45, 7) is 1.21. The van der Waals surface area contributed by atoms with E-state index in [-0.39, 0.29) is 11.6 Å². The largest absolute Gasteiger partial charge is 0.383 e. The quantitative estimate of drug-likeness (QED) is 0.832. The predicted molar refractivity (Wildman–Crippen MR) is 86.1 cm³/mol. The van der Waals surface area contributed by atoms with Crippen LogP contribution in [0.1, 0.15) is 20.7 Å². The molecule has 0 fully saturated rings. The van der Waals surface area contributed by atoms with Crippen molar-refractivity contribution in [2.45, 2.75) is 0 Å². The Kier molecular flexibility index (Phi) is 4.01. The molecule has 3 rings (SSSR count). The highest BCUT2D eigenvalue weighted by molar-refractivity contribution is 6.24. The second-order valence-electron chi connectivity index (χ2n) is 5.02. The molecule has 2 aromatic carbocycles. The zero-order valence-corrected chi connectivity index (χ0v) is 12.0. The van der Waals surface area contributed by atoms with E-state index in [1.807, 2.05) is 30.3 Å². The van der Waals surface area contributed by atoms with Crippen LogP contribution in [-0.4, -0.2) is 24.7 Å². The van der Waals surface area contributed by atoms with E-state index in [0.29, 0.717) is 29.9 Å². The van der Waals surface area contributed by atoms with Crippen LogP contribution in [0.15, 0.2) is 66.4 Å². The van der Waals surface area contributed by atoms with Gasteiger partial charge in [0, 0.05) is 36.0 Å². The third-order valence-corrected chi connectivity index (χ3v) is 3.50. The smallest absolute Gasteiger partial charge is 0.209 e. The van der Waals surface area contributed by atoms with Gasteiger partial charge < -0.3 is 10.6 Å². The molecule has 0 radical (unpaired) electrons. The summed E-state index contributed by atoms with van der Waals surface area (Å²) in [4.78, 5) is 24.3. The summed E-state index contributed by atoms with van der Waals surface area (Å²) >= 11 is 0. The molecule has 0 amide bonds. The monoisotopic (exact) mass is 292 g/mol. The van der Waals surface area contributed by atoms with Crippen molar-refractivity contribution in [3.8, 4) is 0 Å². The Morgan fingerprint density at radius 2 is 1.36 bits per heavy atom. The molecule has 0 atom stereocenters. The minimum atomic E-state index is -0.131. The summed E-state index contributed by atoms with van der Waals surface area (Å²) in [5.41, 5.74) is 2.32. The van der Waals surface area contributed by atoms with Crippen LogP contribution >= 0.6 is 0 Å². The molecule has 0 saturated heterocycles. The van der Waals surface area contributed by atoms with Crippen LogP contribution in [0.3, 0.4) is 0 Å². The number of allylic oxidation sites excluding steroid dienone is 2. The van der Waals surface area contributed by atoms with E-state index in [9.17, 15) is 9.59 Å². The van der Waals surface area contributed by atoms with Gasteiger partial charge in [-0.2, -0.15) is 0 Å². The number of carbonyl (C=O) groups is 2. The van der Waals surface area contributed by atoms with Gasteiger partial charge in [0.2, 0.25) is 5.78 Å². The van der Waals surface area contributed by atoms with E-state index in [0.717, 1.165) is 5.69 Å². The molecule has 0 bridgehead atoms. The standard InChI is InChI=1S/C18H16N2O2/c21-17-12-16(18(22)15-9-5-4-8-14(15)17)20-11-10-19-13-6-2-1-3-7-13/h1-9,12,19-20H,10-11H2. The number of hydrogen-bond donors (Lipinski definition) is 2. The maximum atomic E-state index is 12.3. The number of carbonyl (C=O) groups excluding carboxylic acids is 2. The molecule has 2 aromatic rings. The lowest BCUT2D eigenvalue weighted by atomic mass is 9.93. The van der Waals surface area contributed by atoms with Gasteiger partial charge in [0.15, 0.2) is 5.78 Å². The first-order chi connectivity index (χ1) is 10.8. The van der Waals surface area contributed by atoms with Crippen molar-refractivity contribution >= 4 is 17.3 Å². The van der Waals surface area contributed by atoms with Gasteiger partial charge in [-0.3, -0.25) is 9.59 Å². The first kappa shape index (κ1) is 14.1. The molecule has 4 heteroatoms. The Morgan fingerprint density at radius 3 is 2.14 bits per heavy atom. The molecular weight excluding hydrogens is 276 g/mol. The van der Waals surface area contributed by atoms with Gasteiger partial charge in [-0.05, 0) is 12.1 Å². The second-order valence-corrected chi connectivity index (χ2v) is 5.02. The van der Waals surface area contributed by atoms with Gasteiger partial charge >= 0.3 is 0 Å². The normalized spacial score (nSPS) is 13.4. The molecular formula is C18H16N2O2. The summed E-state index contributed by atoms with van der Waals surface area (Å²) in [5, 5.41) is 6.28. The summed E-state index contributed by atoms with van der Waals surface area (Å²) < 4.78 is 0. The van der Waals surface area contributed by atoms with Crippen LogP contribution in [0.25, 0.3) is 0 Å². The molecule has 0 aliphatic heterocycles. The van der Waals surface area contributed by atoms with Gasteiger partial charge in [0.1, 0.15) is 0 Å². The number of Topliss-reactive ketones (excluding diaryl/α,β-unsaturated/α-hetero) is 1. The topological polar surface area (TPSA) is 58.2 Å². The van der Waals surface area contributed by atoms with Crippen molar-refractivity contribution < 1.29 is 9.59 Å². The van der Waals surface area contributed by atoms with E-state index in [1.165, 1.54) is 6.08 Å². The highest BCUT2D eigenvalue weighted by atomic mass is 16.1. The summed E-state index contributed by atoms with van der Waals surface area (Å²) in [7, 11) is 0. The lowest BCUT2D eigenvalue weighted by Gasteiger charge is -2.16. The summed E-state index contributed by atoms with van der Waals surface area (Å²) in [6.07, 6.45) is 1.38. The fourth-order valence-electron chi connectivity index (χ4n) is 2.41. The minimum Gasteiger partial charge on any atom is -0.383 e. The fraction of sp³-hybridized carbons (Fsp3) is 0.111. The molecule has 1 aliphatic carbocycles. The molecule has 0 saturated carbocycles. The SMILES string of the molecule is O=C1C=C(NCCNc2ccccc2)C(=O)c2ccccc21. The molecule has 110 valence electrons. The highest BCUT2D eigenvalue weighted by Gasteiger charge is 2.24. The second kappa shape index (κ2) is 6.26. The van der Waals surface area contributed by atoms with Crippen LogP contribution < -0.4 is 10.6 Å². The van der Waals surface area contributed by atoms with Gasteiger partial charge in [0.25, 0.3) is 0 Å². The molecule has 0 spiro atoms. The van der Waals surface area contributed by atoms with Crippen molar-refractivity contribution in [3.63, 3.8) is 0 Å². The Bertz CT molecular complexity index is 736. The third-order valence-electron chi connectivity index (χ3n) is 3.50. The molecule has 2 N–H and O–H groups in total. The van der Waals surface area contributed by atoms with Crippen molar-refractivity contribution in [3.05, 3.63) is 77.5 Å². The molecule has 0 aromatic heterocycles. The highest BCUT2D eigenvalue weighted by Crippen LogP contribution is 2.19. The molecule has 4 nitrogen and oxygen atoms in total. The van der Waals surface area contributed by atoms with Crippen LogP contribution in [0.2, 0.25) is 0 Å². The van der Waals surface area contributed by atoms with Gasteiger partial charge in [0.05, 0.1) is 5.70 Å². The lowest BCUT2D eigenvalue weighted by molar-refractivity contribution is 0.0978. The lowest BCUT2D eigenvalue weighted by Crippen LogP contribution is -2.30. The number of nitrogens with one attached hydrogen (secondary N) is 2. The third kappa shape index (κ3) is 2.91.